The first-order valence-corrected chi connectivity index (χ1v) is 6.70. The Kier molecular flexibility index (Phi) is 3.91. The highest BCUT2D eigenvalue weighted by atomic mass is 16.5. The summed E-state index contributed by atoms with van der Waals surface area (Å²) in [5.41, 5.74) is 7.15. The molecular weight excluding hydrogens is 282 g/mol. The molecule has 0 unspecified atom stereocenters. The summed E-state index contributed by atoms with van der Waals surface area (Å²) in [5, 5.41) is 3.95. The number of hydrogen-bond acceptors (Lipinski definition) is 6. The predicted octanol–water partition coefficient (Wildman–Crippen LogP) is 2.91. The topological polar surface area (TPSA) is 83.4 Å². The first kappa shape index (κ1) is 13.9. The molecule has 2 aromatic carbocycles. The van der Waals surface area contributed by atoms with E-state index in [2.05, 4.69) is 10.1 Å². The van der Waals surface area contributed by atoms with Gasteiger partial charge in [-0.1, -0.05) is 23.4 Å². The monoisotopic (exact) mass is 297 g/mol. The summed E-state index contributed by atoms with van der Waals surface area (Å²) in [7, 11) is 1.61. The molecule has 6 nitrogen and oxygen atoms in total. The smallest absolute Gasteiger partial charge is 0.264 e. The van der Waals surface area contributed by atoms with Crippen LogP contribution in [0, 0.1) is 0 Å². The summed E-state index contributed by atoms with van der Waals surface area (Å²) < 4.78 is 15.9. The molecule has 0 bridgehead atoms. The lowest BCUT2D eigenvalue weighted by Crippen LogP contribution is -1.96. The average Bonchev–Trinajstić information content (AvgIpc) is 3.02. The molecule has 3 rings (SSSR count). The Bertz CT molecular complexity index is 771. The fourth-order valence-corrected chi connectivity index (χ4v) is 1.94. The number of ether oxygens (including phenoxy) is 2. The van der Waals surface area contributed by atoms with Crippen molar-refractivity contribution in [3.8, 4) is 22.9 Å². The van der Waals surface area contributed by atoms with Crippen LogP contribution in [0.4, 0.5) is 5.69 Å². The first-order chi connectivity index (χ1) is 10.7. The molecule has 112 valence electrons. The molecule has 22 heavy (non-hydrogen) atoms. The van der Waals surface area contributed by atoms with Gasteiger partial charge in [0.25, 0.3) is 5.89 Å². The van der Waals surface area contributed by atoms with Gasteiger partial charge in [-0.25, -0.2) is 0 Å². The molecule has 0 aliphatic carbocycles. The van der Waals surface area contributed by atoms with Gasteiger partial charge in [0, 0.05) is 17.3 Å². The minimum atomic E-state index is 0.181. The molecular formula is C16H15N3O3. The predicted molar refractivity (Wildman–Crippen MR) is 81.5 cm³/mol. The molecule has 0 amide bonds. The van der Waals surface area contributed by atoms with Gasteiger partial charge >= 0.3 is 0 Å². The molecule has 3 aromatic rings. The van der Waals surface area contributed by atoms with Crippen LogP contribution in [0.3, 0.4) is 0 Å². The molecule has 0 radical (unpaired) electrons. The van der Waals surface area contributed by atoms with E-state index in [9.17, 15) is 0 Å². The highest BCUT2D eigenvalue weighted by molar-refractivity contribution is 5.56. The van der Waals surface area contributed by atoms with Gasteiger partial charge in [-0.2, -0.15) is 4.98 Å². The maximum Gasteiger partial charge on any atom is 0.264 e. The number of nitrogens with two attached hydrogens (primary N) is 1. The van der Waals surface area contributed by atoms with E-state index in [1.165, 1.54) is 0 Å². The third-order valence-corrected chi connectivity index (χ3v) is 3.02. The third kappa shape index (κ3) is 3.17. The fraction of sp³-hybridized carbons (Fsp3) is 0.125. The summed E-state index contributed by atoms with van der Waals surface area (Å²) in [4.78, 5) is 4.30. The fourth-order valence-electron chi connectivity index (χ4n) is 1.94. The Morgan fingerprint density at radius 2 is 1.91 bits per heavy atom. The lowest BCUT2D eigenvalue weighted by atomic mass is 10.2. The largest absolute Gasteiger partial charge is 0.497 e. The second-order valence-electron chi connectivity index (χ2n) is 4.60. The lowest BCUT2D eigenvalue weighted by Gasteiger charge is -2.03. The second kappa shape index (κ2) is 6.17. The SMILES string of the molecule is COc1cccc(-c2noc(COc3cccc(N)c3)n2)c1. The van der Waals surface area contributed by atoms with Crippen LogP contribution < -0.4 is 15.2 Å². The van der Waals surface area contributed by atoms with E-state index in [4.69, 9.17) is 19.7 Å². The van der Waals surface area contributed by atoms with Crippen molar-refractivity contribution in [2.24, 2.45) is 0 Å². The molecule has 1 aromatic heterocycles. The number of aromatic nitrogens is 2. The van der Waals surface area contributed by atoms with Crippen LogP contribution in [-0.4, -0.2) is 17.3 Å². The molecule has 1 heterocycles. The summed E-state index contributed by atoms with van der Waals surface area (Å²) in [6, 6.07) is 14.6. The Labute approximate surface area is 127 Å². The van der Waals surface area contributed by atoms with Crippen molar-refractivity contribution in [3.63, 3.8) is 0 Å². The highest BCUT2D eigenvalue weighted by Gasteiger charge is 2.10. The number of methoxy groups -OCH3 is 1. The van der Waals surface area contributed by atoms with Gasteiger partial charge in [0.2, 0.25) is 5.82 Å². The number of anilines is 1. The van der Waals surface area contributed by atoms with E-state index in [1.807, 2.05) is 36.4 Å². The summed E-state index contributed by atoms with van der Waals surface area (Å²) in [5.74, 6) is 2.27. The van der Waals surface area contributed by atoms with E-state index in [0.717, 1.165) is 11.3 Å². The van der Waals surface area contributed by atoms with E-state index in [0.29, 0.717) is 23.2 Å². The van der Waals surface area contributed by atoms with Gasteiger partial charge in [-0.05, 0) is 24.3 Å². The summed E-state index contributed by atoms with van der Waals surface area (Å²) >= 11 is 0. The zero-order valence-electron chi connectivity index (χ0n) is 12.0. The normalized spacial score (nSPS) is 10.4. The molecule has 0 saturated carbocycles. The van der Waals surface area contributed by atoms with Crippen molar-refractivity contribution >= 4 is 5.69 Å². The van der Waals surface area contributed by atoms with Crippen LogP contribution in [-0.2, 0) is 6.61 Å². The van der Waals surface area contributed by atoms with Crippen LogP contribution >= 0.6 is 0 Å². The van der Waals surface area contributed by atoms with Crippen molar-refractivity contribution < 1.29 is 14.0 Å². The number of rotatable bonds is 5. The van der Waals surface area contributed by atoms with E-state index < -0.39 is 0 Å². The Morgan fingerprint density at radius 1 is 1.09 bits per heavy atom. The molecule has 0 fully saturated rings. The van der Waals surface area contributed by atoms with Gasteiger partial charge in [0.1, 0.15) is 11.5 Å². The van der Waals surface area contributed by atoms with Crippen LogP contribution in [0.15, 0.2) is 53.1 Å². The molecule has 6 heteroatoms. The lowest BCUT2D eigenvalue weighted by molar-refractivity contribution is 0.243. The van der Waals surface area contributed by atoms with Crippen LogP contribution in [0.25, 0.3) is 11.4 Å². The van der Waals surface area contributed by atoms with Crippen LogP contribution in [0.5, 0.6) is 11.5 Å². The van der Waals surface area contributed by atoms with Crippen molar-refractivity contribution in [3.05, 3.63) is 54.4 Å². The second-order valence-corrected chi connectivity index (χ2v) is 4.60. The Balaban J connectivity index is 1.71. The average molecular weight is 297 g/mol. The minimum absolute atomic E-state index is 0.181. The van der Waals surface area contributed by atoms with Crippen molar-refractivity contribution in [1.29, 1.82) is 0 Å². The van der Waals surface area contributed by atoms with Crippen LogP contribution in [0.2, 0.25) is 0 Å². The number of nitrogen functional groups attached to an aromatic ring is 1. The van der Waals surface area contributed by atoms with E-state index in [1.54, 1.807) is 19.2 Å². The molecule has 2 N–H and O–H groups in total. The van der Waals surface area contributed by atoms with E-state index in [-0.39, 0.29) is 6.61 Å². The summed E-state index contributed by atoms with van der Waals surface area (Å²) in [6.45, 7) is 0.181. The maximum atomic E-state index is 5.69. The van der Waals surface area contributed by atoms with Crippen molar-refractivity contribution in [2.75, 3.05) is 12.8 Å². The zero-order valence-corrected chi connectivity index (χ0v) is 12.0. The summed E-state index contributed by atoms with van der Waals surface area (Å²) in [6.07, 6.45) is 0. The standard InChI is InChI=1S/C16H15N3O3/c1-20-13-6-2-4-11(8-13)16-18-15(22-19-16)10-21-14-7-3-5-12(17)9-14/h2-9H,10,17H2,1H3. The minimum Gasteiger partial charge on any atom is -0.497 e. The number of nitrogens with zero attached hydrogens (tertiary/aromatic N) is 2. The number of hydrogen-bond donors (Lipinski definition) is 1. The quantitative estimate of drug-likeness (QED) is 0.729. The van der Waals surface area contributed by atoms with E-state index >= 15 is 0 Å². The molecule has 0 spiro atoms. The maximum absolute atomic E-state index is 5.69. The molecule has 0 aliphatic heterocycles. The van der Waals surface area contributed by atoms with Crippen LogP contribution in [0.1, 0.15) is 5.89 Å². The highest BCUT2D eigenvalue weighted by Crippen LogP contribution is 2.22. The van der Waals surface area contributed by atoms with Crippen molar-refractivity contribution in [1.82, 2.24) is 10.1 Å². The van der Waals surface area contributed by atoms with Gasteiger partial charge in [-0.15, -0.1) is 0 Å². The zero-order chi connectivity index (χ0) is 15.4. The Hall–Kier alpha value is -3.02. The molecule has 0 aliphatic rings. The molecule has 0 atom stereocenters. The van der Waals surface area contributed by atoms with Gasteiger partial charge in [0.15, 0.2) is 6.61 Å². The first-order valence-electron chi connectivity index (χ1n) is 6.70. The Morgan fingerprint density at radius 3 is 2.73 bits per heavy atom. The number of benzene rings is 2. The van der Waals surface area contributed by atoms with Gasteiger partial charge in [-0.3, -0.25) is 0 Å². The van der Waals surface area contributed by atoms with Crippen molar-refractivity contribution in [2.45, 2.75) is 6.61 Å². The molecule has 0 saturated heterocycles. The van der Waals surface area contributed by atoms with Gasteiger partial charge < -0.3 is 19.7 Å². The third-order valence-electron chi connectivity index (χ3n) is 3.02. The van der Waals surface area contributed by atoms with Gasteiger partial charge in [0.05, 0.1) is 7.11 Å².